The third-order valence-corrected chi connectivity index (χ3v) is 2.50. The molecule has 0 saturated heterocycles. The quantitative estimate of drug-likeness (QED) is 0.727. The van der Waals surface area contributed by atoms with Crippen molar-refractivity contribution in [3.05, 3.63) is 42.0 Å². The van der Waals surface area contributed by atoms with Crippen LogP contribution >= 0.6 is 11.6 Å². The van der Waals surface area contributed by atoms with E-state index in [4.69, 9.17) is 16.3 Å². The molecule has 0 fully saturated rings. The first kappa shape index (κ1) is 9.99. The fourth-order valence-electron chi connectivity index (χ4n) is 1.62. The van der Waals surface area contributed by atoms with Gasteiger partial charge in [-0.15, -0.1) is 0 Å². The van der Waals surface area contributed by atoms with Gasteiger partial charge in [-0.3, -0.25) is 4.79 Å². The van der Waals surface area contributed by atoms with Gasteiger partial charge < -0.3 is 4.74 Å². The highest BCUT2D eigenvalue weighted by atomic mass is 35.5. The van der Waals surface area contributed by atoms with Crippen LogP contribution in [0.1, 0.15) is 10.4 Å². The Morgan fingerprint density at radius 3 is 2.60 bits per heavy atom. The van der Waals surface area contributed by atoms with Gasteiger partial charge in [0.25, 0.3) is 5.24 Å². The molecule has 0 heterocycles. The molecule has 0 atom stereocenters. The number of hydrogen-bond acceptors (Lipinski definition) is 2. The van der Waals surface area contributed by atoms with Gasteiger partial charge in [0.15, 0.2) is 0 Å². The molecule has 2 aromatic rings. The minimum absolute atomic E-state index is 0.401. The molecular weight excluding hydrogens is 212 g/mol. The standard InChI is InChI=1S/C12H9ClO2/c1-15-11-9-5-3-2-4-8(9)6-7-10(11)12(13)14/h2-7H,1H3. The number of hydrogen-bond donors (Lipinski definition) is 0. The van der Waals surface area contributed by atoms with Crippen molar-refractivity contribution >= 4 is 27.6 Å². The van der Waals surface area contributed by atoms with Crippen LogP contribution in [-0.4, -0.2) is 12.4 Å². The van der Waals surface area contributed by atoms with E-state index in [9.17, 15) is 4.79 Å². The van der Waals surface area contributed by atoms with Crippen molar-refractivity contribution in [3.63, 3.8) is 0 Å². The summed E-state index contributed by atoms with van der Waals surface area (Å²) in [4.78, 5) is 11.2. The molecule has 0 amide bonds. The van der Waals surface area contributed by atoms with E-state index in [0.29, 0.717) is 11.3 Å². The van der Waals surface area contributed by atoms with Gasteiger partial charge in [-0.25, -0.2) is 0 Å². The maximum Gasteiger partial charge on any atom is 0.256 e. The first-order valence-corrected chi connectivity index (χ1v) is 4.87. The van der Waals surface area contributed by atoms with Gasteiger partial charge in [-0.05, 0) is 23.1 Å². The Morgan fingerprint density at radius 2 is 1.93 bits per heavy atom. The first-order valence-electron chi connectivity index (χ1n) is 4.49. The van der Waals surface area contributed by atoms with Crippen LogP contribution in [0, 0.1) is 0 Å². The Hall–Kier alpha value is -1.54. The summed E-state index contributed by atoms with van der Waals surface area (Å²) in [7, 11) is 1.53. The fraction of sp³-hybridized carbons (Fsp3) is 0.0833. The molecule has 3 heteroatoms. The number of carbonyl (C=O) groups is 1. The average Bonchev–Trinajstić information content (AvgIpc) is 2.27. The molecule has 0 unspecified atom stereocenters. The molecule has 0 bridgehead atoms. The van der Waals surface area contributed by atoms with E-state index < -0.39 is 5.24 Å². The van der Waals surface area contributed by atoms with Crippen LogP contribution in [0.15, 0.2) is 36.4 Å². The number of fused-ring (bicyclic) bond motifs is 1. The predicted molar refractivity (Wildman–Crippen MR) is 60.7 cm³/mol. The van der Waals surface area contributed by atoms with Crippen molar-refractivity contribution in [2.24, 2.45) is 0 Å². The van der Waals surface area contributed by atoms with Crippen LogP contribution in [0.5, 0.6) is 5.75 Å². The van der Waals surface area contributed by atoms with E-state index in [2.05, 4.69) is 0 Å². The molecule has 2 nitrogen and oxygen atoms in total. The summed E-state index contributed by atoms with van der Waals surface area (Å²) in [6.45, 7) is 0. The number of halogens is 1. The Morgan fingerprint density at radius 1 is 1.20 bits per heavy atom. The van der Waals surface area contributed by atoms with Crippen molar-refractivity contribution in [1.82, 2.24) is 0 Å². The van der Waals surface area contributed by atoms with Crippen molar-refractivity contribution in [1.29, 1.82) is 0 Å². The predicted octanol–water partition coefficient (Wildman–Crippen LogP) is 3.23. The molecule has 0 aliphatic rings. The van der Waals surface area contributed by atoms with Crippen LogP contribution < -0.4 is 4.74 Å². The Balaban J connectivity index is 2.81. The second kappa shape index (κ2) is 3.91. The Bertz CT molecular complexity index is 520. The summed E-state index contributed by atoms with van der Waals surface area (Å²) in [5.41, 5.74) is 0.401. The lowest BCUT2D eigenvalue weighted by molar-refractivity contribution is 0.107. The molecule has 76 valence electrons. The minimum Gasteiger partial charge on any atom is -0.495 e. The summed E-state index contributed by atoms with van der Waals surface area (Å²) in [5, 5.41) is 1.42. The lowest BCUT2D eigenvalue weighted by Crippen LogP contribution is -1.96. The van der Waals surface area contributed by atoms with Gasteiger partial charge in [-0.2, -0.15) is 0 Å². The highest BCUT2D eigenvalue weighted by molar-refractivity contribution is 6.68. The largest absolute Gasteiger partial charge is 0.495 e. The number of rotatable bonds is 2. The summed E-state index contributed by atoms with van der Waals surface area (Å²) >= 11 is 5.47. The van der Waals surface area contributed by atoms with Crippen LogP contribution in [0.3, 0.4) is 0 Å². The van der Waals surface area contributed by atoms with Crippen LogP contribution in [-0.2, 0) is 0 Å². The lowest BCUT2D eigenvalue weighted by Gasteiger charge is -2.08. The van der Waals surface area contributed by atoms with E-state index in [-0.39, 0.29) is 0 Å². The molecule has 0 radical (unpaired) electrons. The number of carbonyl (C=O) groups excluding carboxylic acids is 1. The summed E-state index contributed by atoms with van der Waals surface area (Å²) in [6, 6.07) is 11.2. The molecule has 0 spiro atoms. The number of methoxy groups -OCH3 is 1. The van der Waals surface area contributed by atoms with Gasteiger partial charge in [0.2, 0.25) is 0 Å². The summed E-state index contributed by atoms with van der Waals surface area (Å²) < 4.78 is 5.21. The first-order chi connectivity index (χ1) is 7.24. The molecule has 0 aromatic heterocycles. The Kier molecular flexibility index (Phi) is 2.60. The summed E-state index contributed by atoms with van der Waals surface area (Å²) in [6.07, 6.45) is 0. The van der Waals surface area contributed by atoms with Gasteiger partial charge in [0, 0.05) is 5.39 Å². The second-order valence-corrected chi connectivity index (χ2v) is 3.48. The Labute approximate surface area is 92.4 Å². The molecule has 15 heavy (non-hydrogen) atoms. The van der Waals surface area contributed by atoms with Gasteiger partial charge in [0.05, 0.1) is 12.7 Å². The molecule has 0 aliphatic carbocycles. The van der Waals surface area contributed by atoms with Crippen LogP contribution in [0.2, 0.25) is 0 Å². The van der Waals surface area contributed by atoms with E-state index in [0.717, 1.165) is 10.8 Å². The topological polar surface area (TPSA) is 26.3 Å². The zero-order chi connectivity index (χ0) is 10.8. The van der Waals surface area contributed by atoms with Gasteiger partial charge >= 0.3 is 0 Å². The third kappa shape index (κ3) is 1.68. The third-order valence-electron chi connectivity index (χ3n) is 2.30. The SMILES string of the molecule is COc1c(C(=O)Cl)ccc2ccccc12. The van der Waals surface area contributed by atoms with Crippen molar-refractivity contribution in [3.8, 4) is 5.75 Å². The van der Waals surface area contributed by atoms with Gasteiger partial charge in [-0.1, -0.05) is 30.3 Å². The average molecular weight is 221 g/mol. The van der Waals surface area contributed by atoms with Crippen molar-refractivity contribution in [2.45, 2.75) is 0 Å². The highest BCUT2D eigenvalue weighted by Crippen LogP contribution is 2.30. The molecular formula is C12H9ClO2. The van der Waals surface area contributed by atoms with E-state index >= 15 is 0 Å². The molecule has 0 aliphatic heterocycles. The van der Waals surface area contributed by atoms with Crippen molar-refractivity contribution in [2.75, 3.05) is 7.11 Å². The minimum atomic E-state index is -0.502. The molecule has 2 rings (SSSR count). The van der Waals surface area contributed by atoms with E-state index in [1.165, 1.54) is 7.11 Å². The smallest absolute Gasteiger partial charge is 0.256 e. The highest BCUT2D eigenvalue weighted by Gasteiger charge is 2.12. The van der Waals surface area contributed by atoms with Gasteiger partial charge in [0.1, 0.15) is 5.75 Å². The number of benzene rings is 2. The monoisotopic (exact) mass is 220 g/mol. The molecule has 2 aromatic carbocycles. The number of ether oxygens (including phenoxy) is 1. The molecule has 0 N–H and O–H groups in total. The maximum atomic E-state index is 11.2. The zero-order valence-corrected chi connectivity index (χ0v) is 8.91. The fourth-order valence-corrected chi connectivity index (χ4v) is 1.77. The zero-order valence-electron chi connectivity index (χ0n) is 8.16. The van der Waals surface area contributed by atoms with E-state index in [1.807, 2.05) is 30.3 Å². The van der Waals surface area contributed by atoms with Crippen LogP contribution in [0.4, 0.5) is 0 Å². The second-order valence-electron chi connectivity index (χ2n) is 3.14. The van der Waals surface area contributed by atoms with Crippen LogP contribution in [0.25, 0.3) is 10.8 Å². The lowest BCUT2D eigenvalue weighted by atomic mass is 10.1. The van der Waals surface area contributed by atoms with E-state index in [1.54, 1.807) is 6.07 Å². The maximum absolute atomic E-state index is 11.2. The molecule has 0 saturated carbocycles. The normalized spacial score (nSPS) is 10.3. The van der Waals surface area contributed by atoms with Crippen molar-refractivity contribution < 1.29 is 9.53 Å². The summed E-state index contributed by atoms with van der Waals surface area (Å²) in [5.74, 6) is 0.535.